The molecule has 2 aromatic heterocycles. The molecule has 2 aliphatic rings. The average molecular weight is 326 g/mol. The van der Waals surface area contributed by atoms with Gasteiger partial charge < -0.3 is 14.8 Å². The first-order valence-corrected chi connectivity index (χ1v) is 8.55. The topological polar surface area (TPSA) is 75.9 Å². The fourth-order valence-corrected chi connectivity index (χ4v) is 3.01. The minimum absolute atomic E-state index is 0.000758. The predicted molar refractivity (Wildman–Crippen MR) is 89.7 cm³/mol. The fraction of sp³-hybridized carbons (Fsp3) is 0.529. The molecule has 0 bridgehead atoms. The van der Waals surface area contributed by atoms with Crippen molar-refractivity contribution in [3.8, 4) is 0 Å². The summed E-state index contributed by atoms with van der Waals surface area (Å²) < 4.78 is 2.13. The quantitative estimate of drug-likeness (QED) is 0.930. The van der Waals surface area contributed by atoms with Gasteiger partial charge in [0.1, 0.15) is 11.6 Å². The van der Waals surface area contributed by atoms with Crippen LogP contribution in [0.3, 0.4) is 0 Å². The summed E-state index contributed by atoms with van der Waals surface area (Å²) in [6, 6.07) is 4.29. The molecule has 1 fully saturated rings. The van der Waals surface area contributed by atoms with Crippen molar-refractivity contribution in [3.05, 3.63) is 35.5 Å². The number of hydrogen-bond acceptors (Lipinski definition) is 5. The van der Waals surface area contributed by atoms with Crippen LogP contribution in [0.4, 0.5) is 5.82 Å². The van der Waals surface area contributed by atoms with Crippen LogP contribution < -0.4 is 5.32 Å². The van der Waals surface area contributed by atoms with Crippen LogP contribution in [0.2, 0.25) is 0 Å². The van der Waals surface area contributed by atoms with E-state index in [4.69, 9.17) is 0 Å². The van der Waals surface area contributed by atoms with Crippen molar-refractivity contribution >= 4 is 11.7 Å². The highest BCUT2D eigenvalue weighted by Crippen LogP contribution is 2.24. The summed E-state index contributed by atoms with van der Waals surface area (Å²) >= 11 is 0. The van der Waals surface area contributed by atoms with Gasteiger partial charge in [0.2, 0.25) is 0 Å². The van der Waals surface area contributed by atoms with E-state index in [0.29, 0.717) is 30.6 Å². The minimum Gasteiger partial charge on any atom is -0.367 e. The van der Waals surface area contributed by atoms with Gasteiger partial charge in [0.25, 0.3) is 5.91 Å². The van der Waals surface area contributed by atoms with Gasteiger partial charge in [0, 0.05) is 31.2 Å². The maximum absolute atomic E-state index is 12.7. The van der Waals surface area contributed by atoms with Crippen molar-refractivity contribution in [1.29, 1.82) is 0 Å². The van der Waals surface area contributed by atoms with Crippen LogP contribution in [0.1, 0.15) is 54.6 Å². The van der Waals surface area contributed by atoms with Gasteiger partial charge in [-0.05, 0) is 25.0 Å². The molecule has 3 heterocycles. The lowest BCUT2D eigenvalue weighted by Crippen LogP contribution is -2.39. The van der Waals surface area contributed by atoms with Gasteiger partial charge in [-0.3, -0.25) is 4.79 Å². The monoisotopic (exact) mass is 326 g/mol. The largest absolute Gasteiger partial charge is 0.367 e. The molecule has 0 unspecified atom stereocenters. The molecule has 1 N–H and O–H groups in total. The maximum atomic E-state index is 12.7. The van der Waals surface area contributed by atoms with Crippen molar-refractivity contribution in [2.75, 3.05) is 11.9 Å². The van der Waals surface area contributed by atoms with Gasteiger partial charge in [0.05, 0.1) is 12.1 Å². The van der Waals surface area contributed by atoms with Gasteiger partial charge in [0.15, 0.2) is 5.82 Å². The maximum Gasteiger partial charge on any atom is 0.255 e. The van der Waals surface area contributed by atoms with E-state index in [1.807, 2.05) is 17.0 Å². The molecule has 126 valence electrons. The summed E-state index contributed by atoms with van der Waals surface area (Å²) in [4.78, 5) is 18.9. The van der Waals surface area contributed by atoms with E-state index in [9.17, 15) is 4.79 Å². The van der Waals surface area contributed by atoms with Gasteiger partial charge in [-0.1, -0.05) is 13.8 Å². The highest BCUT2D eigenvalue weighted by Gasteiger charge is 2.26. The first-order chi connectivity index (χ1) is 11.6. The Hall–Kier alpha value is -2.44. The lowest BCUT2D eigenvalue weighted by Gasteiger charge is -2.28. The third-order valence-corrected chi connectivity index (χ3v) is 4.53. The number of carbonyl (C=O) groups is 1. The Morgan fingerprint density at radius 3 is 2.75 bits per heavy atom. The van der Waals surface area contributed by atoms with E-state index in [0.717, 1.165) is 24.0 Å². The molecule has 2 aromatic rings. The van der Waals surface area contributed by atoms with Gasteiger partial charge in [-0.2, -0.15) is 0 Å². The summed E-state index contributed by atoms with van der Waals surface area (Å²) in [5.41, 5.74) is 0.619. The zero-order valence-electron chi connectivity index (χ0n) is 14.1. The summed E-state index contributed by atoms with van der Waals surface area (Å²) in [6.07, 6.45) is 4.07. The van der Waals surface area contributed by atoms with Crippen LogP contribution >= 0.6 is 0 Å². The number of rotatable bonds is 4. The molecule has 0 spiro atoms. The van der Waals surface area contributed by atoms with Crippen molar-refractivity contribution < 1.29 is 4.79 Å². The van der Waals surface area contributed by atoms with E-state index >= 15 is 0 Å². The Morgan fingerprint density at radius 2 is 2.08 bits per heavy atom. The third-order valence-electron chi connectivity index (χ3n) is 4.53. The Bertz CT molecular complexity index is 747. The van der Waals surface area contributed by atoms with Crippen LogP contribution in [-0.4, -0.2) is 43.1 Å². The minimum atomic E-state index is 0.000758. The molecular weight excluding hydrogens is 304 g/mol. The standard InChI is InChI=1S/C17H22N6O/c1-11(2)16-21-20-15-10-22(7-8-23(15)16)17(24)12-3-6-14(18-9-12)19-13-4-5-13/h3,6,9,11,13H,4-5,7-8,10H2,1-2H3,(H,18,19). The fourth-order valence-electron chi connectivity index (χ4n) is 3.01. The molecule has 7 nitrogen and oxygen atoms in total. The molecule has 1 aliphatic carbocycles. The van der Waals surface area contributed by atoms with E-state index in [1.54, 1.807) is 6.20 Å². The number of amides is 1. The van der Waals surface area contributed by atoms with Gasteiger partial charge in [-0.25, -0.2) is 4.98 Å². The van der Waals surface area contributed by atoms with Crippen molar-refractivity contribution in [1.82, 2.24) is 24.6 Å². The average Bonchev–Trinajstić information content (AvgIpc) is 3.29. The summed E-state index contributed by atoms with van der Waals surface area (Å²) in [7, 11) is 0. The number of fused-ring (bicyclic) bond motifs is 1. The zero-order chi connectivity index (χ0) is 16.7. The summed E-state index contributed by atoms with van der Waals surface area (Å²) in [5.74, 6) is 3.03. The molecule has 0 aromatic carbocycles. The Kier molecular flexibility index (Phi) is 3.70. The molecule has 0 radical (unpaired) electrons. The Labute approximate surface area is 141 Å². The number of carbonyl (C=O) groups excluding carboxylic acids is 1. The lowest BCUT2D eigenvalue weighted by atomic mass is 10.2. The van der Waals surface area contributed by atoms with Crippen LogP contribution in [0.5, 0.6) is 0 Å². The smallest absolute Gasteiger partial charge is 0.255 e. The summed E-state index contributed by atoms with van der Waals surface area (Å²) in [6.45, 7) is 6.14. The number of anilines is 1. The van der Waals surface area contributed by atoms with E-state index in [-0.39, 0.29) is 5.91 Å². The first-order valence-electron chi connectivity index (χ1n) is 8.55. The molecular formula is C17H22N6O. The number of nitrogens with zero attached hydrogens (tertiary/aromatic N) is 5. The van der Waals surface area contributed by atoms with Crippen LogP contribution in [0.25, 0.3) is 0 Å². The molecule has 1 amide bonds. The second-order valence-corrected chi connectivity index (χ2v) is 6.86. The zero-order valence-corrected chi connectivity index (χ0v) is 14.1. The Morgan fingerprint density at radius 1 is 1.25 bits per heavy atom. The van der Waals surface area contributed by atoms with Crippen LogP contribution in [0.15, 0.2) is 18.3 Å². The van der Waals surface area contributed by atoms with Gasteiger partial charge in [-0.15, -0.1) is 10.2 Å². The number of nitrogens with one attached hydrogen (secondary N) is 1. The first kappa shape index (κ1) is 15.1. The third kappa shape index (κ3) is 2.86. The molecule has 0 atom stereocenters. The molecule has 4 rings (SSSR count). The lowest BCUT2D eigenvalue weighted by molar-refractivity contribution is 0.0706. The number of pyridine rings is 1. The second kappa shape index (κ2) is 5.89. The van der Waals surface area contributed by atoms with Crippen molar-refractivity contribution in [2.45, 2.75) is 51.7 Å². The molecule has 1 aliphatic heterocycles. The highest BCUT2D eigenvalue weighted by atomic mass is 16.2. The number of hydrogen-bond donors (Lipinski definition) is 1. The molecule has 7 heteroatoms. The highest BCUT2D eigenvalue weighted by molar-refractivity contribution is 5.94. The Balaban J connectivity index is 1.46. The molecule has 0 saturated heterocycles. The number of aromatic nitrogens is 4. The van der Waals surface area contributed by atoms with Crippen LogP contribution in [0, 0.1) is 0 Å². The van der Waals surface area contributed by atoms with E-state index in [2.05, 4.69) is 38.9 Å². The van der Waals surface area contributed by atoms with E-state index in [1.165, 1.54) is 12.8 Å². The predicted octanol–water partition coefficient (Wildman–Crippen LogP) is 2.03. The van der Waals surface area contributed by atoms with Gasteiger partial charge >= 0.3 is 0 Å². The molecule has 1 saturated carbocycles. The van der Waals surface area contributed by atoms with Crippen molar-refractivity contribution in [3.63, 3.8) is 0 Å². The molecule has 24 heavy (non-hydrogen) atoms. The SMILES string of the molecule is CC(C)c1nnc2n1CCN(C(=O)c1ccc(NC3CC3)nc1)C2. The van der Waals surface area contributed by atoms with Crippen molar-refractivity contribution in [2.24, 2.45) is 0 Å². The second-order valence-electron chi connectivity index (χ2n) is 6.86. The summed E-state index contributed by atoms with van der Waals surface area (Å²) in [5, 5.41) is 11.8. The van der Waals surface area contributed by atoms with Crippen LogP contribution in [-0.2, 0) is 13.1 Å². The van der Waals surface area contributed by atoms with E-state index < -0.39 is 0 Å². The normalized spacial score (nSPS) is 17.0.